The summed E-state index contributed by atoms with van der Waals surface area (Å²) in [5, 5.41) is 0. The van der Waals surface area contributed by atoms with Crippen LogP contribution in [-0.2, 0) is 16.4 Å². The minimum atomic E-state index is -3.53. The van der Waals surface area contributed by atoms with E-state index in [0.29, 0.717) is 17.9 Å². The summed E-state index contributed by atoms with van der Waals surface area (Å²) in [6.07, 6.45) is 5.39. The van der Waals surface area contributed by atoms with Crippen molar-refractivity contribution in [3.8, 4) is 0 Å². The van der Waals surface area contributed by atoms with Crippen LogP contribution in [0.15, 0.2) is 29.7 Å². The highest BCUT2D eigenvalue weighted by Crippen LogP contribution is 2.25. The number of nitrogens with zero attached hydrogens (tertiary/aromatic N) is 2. The molecule has 1 aromatic heterocycles. The second kappa shape index (κ2) is 6.54. The molecule has 0 bridgehead atoms. The lowest BCUT2D eigenvalue weighted by atomic mass is 10.0. The van der Waals surface area contributed by atoms with Gasteiger partial charge in [0.2, 0.25) is 10.0 Å². The molecule has 0 radical (unpaired) electrons. The zero-order valence-electron chi connectivity index (χ0n) is 13.3. The third kappa shape index (κ3) is 3.51. The summed E-state index contributed by atoms with van der Waals surface area (Å²) >= 11 is 0. The van der Waals surface area contributed by atoms with Crippen molar-refractivity contribution < 1.29 is 8.42 Å². The van der Waals surface area contributed by atoms with E-state index in [4.69, 9.17) is 0 Å². The maximum Gasteiger partial charge on any atom is 0.241 e. The second-order valence-electron chi connectivity index (χ2n) is 5.48. The van der Waals surface area contributed by atoms with E-state index >= 15 is 0 Å². The number of sulfonamides is 1. The van der Waals surface area contributed by atoms with Crippen LogP contribution in [0.5, 0.6) is 0 Å². The zero-order chi connectivity index (χ0) is 16.3. The normalized spacial score (nSPS) is 11.6. The smallest absolute Gasteiger partial charge is 0.241 e. The lowest BCUT2D eigenvalue weighted by molar-refractivity contribution is 0.580. The van der Waals surface area contributed by atoms with Gasteiger partial charge < -0.3 is 0 Å². The van der Waals surface area contributed by atoms with Crippen molar-refractivity contribution in [1.29, 1.82) is 0 Å². The molecule has 2 rings (SSSR count). The van der Waals surface area contributed by atoms with Gasteiger partial charge in [-0.2, -0.15) is 0 Å². The van der Waals surface area contributed by atoms with E-state index in [-0.39, 0.29) is 0 Å². The summed E-state index contributed by atoms with van der Waals surface area (Å²) in [6.45, 7) is 7.88. The molecule has 2 aromatic rings. The van der Waals surface area contributed by atoms with Crippen LogP contribution < -0.4 is 4.72 Å². The first-order chi connectivity index (χ1) is 10.3. The van der Waals surface area contributed by atoms with E-state index < -0.39 is 10.0 Å². The fourth-order valence-electron chi connectivity index (χ4n) is 2.44. The molecule has 0 aliphatic heterocycles. The fourth-order valence-corrected chi connectivity index (χ4v) is 4.09. The van der Waals surface area contributed by atoms with E-state index in [2.05, 4.69) is 14.7 Å². The van der Waals surface area contributed by atoms with Crippen LogP contribution >= 0.6 is 0 Å². The first-order valence-corrected chi connectivity index (χ1v) is 8.62. The Labute approximate surface area is 131 Å². The Kier molecular flexibility index (Phi) is 4.93. The van der Waals surface area contributed by atoms with E-state index in [0.717, 1.165) is 27.8 Å². The van der Waals surface area contributed by atoms with Gasteiger partial charge in [0.05, 0.1) is 4.90 Å². The molecule has 1 N–H and O–H groups in total. The largest absolute Gasteiger partial charge is 0.245 e. The van der Waals surface area contributed by atoms with Gasteiger partial charge in [0, 0.05) is 18.9 Å². The molecule has 0 atom stereocenters. The molecule has 1 heterocycles. The Balaban J connectivity index is 2.21. The quantitative estimate of drug-likeness (QED) is 0.917. The molecule has 0 aliphatic carbocycles. The predicted octanol–water partition coefficient (Wildman–Crippen LogP) is 2.23. The fraction of sp³-hybridized carbons (Fsp3) is 0.375. The molecule has 0 saturated carbocycles. The van der Waals surface area contributed by atoms with Gasteiger partial charge in [-0.05, 0) is 61.9 Å². The molecule has 0 saturated heterocycles. The van der Waals surface area contributed by atoms with Crippen molar-refractivity contribution in [3.05, 3.63) is 52.6 Å². The van der Waals surface area contributed by atoms with E-state index in [1.165, 1.54) is 6.33 Å². The summed E-state index contributed by atoms with van der Waals surface area (Å²) in [6, 6.07) is 2.02. The number of hydrogen-bond donors (Lipinski definition) is 1. The topological polar surface area (TPSA) is 72.0 Å². The van der Waals surface area contributed by atoms with Crippen LogP contribution in [0.2, 0.25) is 0 Å². The molecule has 0 fully saturated rings. The molecular weight excluding hydrogens is 298 g/mol. The van der Waals surface area contributed by atoms with E-state index in [9.17, 15) is 8.42 Å². The van der Waals surface area contributed by atoms with Gasteiger partial charge in [-0.3, -0.25) is 0 Å². The molecule has 6 heteroatoms. The Morgan fingerprint density at radius 1 is 1.00 bits per heavy atom. The van der Waals surface area contributed by atoms with Gasteiger partial charge in [-0.1, -0.05) is 6.07 Å². The number of benzene rings is 1. The van der Waals surface area contributed by atoms with Crippen molar-refractivity contribution in [2.24, 2.45) is 0 Å². The van der Waals surface area contributed by atoms with Crippen LogP contribution in [0.3, 0.4) is 0 Å². The first-order valence-electron chi connectivity index (χ1n) is 7.14. The van der Waals surface area contributed by atoms with E-state index in [1.807, 2.05) is 33.8 Å². The minimum absolute atomic E-state index is 0.321. The van der Waals surface area contributed by atoms with Crippen molar-refractivity contribution >= 4 is 10.0 Å². The Morgan fingerprint density at radius 3 is 2.09 bits per heavy atom. The molecule has 0 spiro atoms. The maximum absolute atomic E-state index is 12.6. The molecule has 0 aliphatic rings. The third-order valence-electron chi connectivity index (χ3n) is 3.89. The predicted molar refractivity (Wildman–Crippen MR) is 86.3 cm³/mol. The lowest BCUT2D eigenvalue weighted by Crippen LogP contribution is -2.27. The molecule has 0 unspecified atom stereocenters. The van der Waals surface area contributed by atoms with Crippen molar-refractivity contribution in [2.45, 2.75) is 39.0 Å². The number of hydrogen-bond acceptors (Lipinski definition) is 4. The van der Waals surface area contributed by atoms with Gasteiger partial charge in [0.15, 0.2) is 0 Å². The number of nitrogens with one attached hydrogen (secondary N) is 1. The average Bonchev–Trinajstić information content (AvgIpc) is 2.46. The van der Waals surface area contributed by atoms with Crippen LogP contribution in [0.4, 0.5) is 0 Å². The van der Waals surface area contributed by atoms with Crippen LogP contribution in [0.25, 0.3) is 0 Å². The summed E-state index contributed by atoms with van der Waals surface area (Å²) < 4.78 is 27.9. The van der Waals surface area contributed by atoms with Gasteiger partial charge in [0.1, 0.15) is 6.33 Å². The Bertz CT molecular complexity index is 745. The summed E-state index contributed by atoms with van der Waals surface area (Å²) in [5.41, 5.74) is 4.48. The summed E-state index contributed by atoms with van der Waals surface area (Å²) in [4.78, 5) is 8.24. The standard InChI is InChI=1S/C16H21N3O2S/c1-11-7-12(2)14(4)16(13(11)3)22(20,21)19-6-5-15-8-17-10-18-9-15/h7-10,19H,5-6H2,1-4H3. The maximum atomic E-state index is 12.6. The Hall–Kier alpha value is -1.79. The second-order valence-corrected chi connectivity index (χ2v) is 7.19. The van der Waals surface area contributed by atoms with Crippen LogP contribution in [0, 0.1) is 27.7 Å². The monoisotopic (exact) mass is 319 g/mol. The number of aromatic nitrogens is 2. The molecule has 22 heavy (non-hydrogen) atoms. The van der Waals surface area contributed by atoms with E-state index in [1.54, 1.807) is 12.4 Å². The SMILES string of the molecule is Cc1cc(C)c(C)c(S(=O)(=O)NCCc2cncnc2)c1C. The van der Waals surface area contributed by atoms with Crippen LogP contribution in [-0.4, -0.2) is 24.9 Å². The zero-order valence-corrected chi connectivity index (χ0v) is 14.2. The van der Waals surface area contributed by atoms with Crippen molar-refractivity contribution in [3.63, 3.8) is 0 Å². The first kappa shape index (κ1) is 16.6. The minimum Gasteiger partial charge on any atom is -0.245 e. The van der Waals surface area contributed by atoms with Crippen LogP contribution in [0.1, 0.15) is 27.8 Å². The van der Waals surface area contributed by atoms with Crippen molar-refractivity contribution in [2.75, 3.05) is 6.54 Å². The molecule has 5 nitrogen and oxygen atoms in total. The summed E-state index contributed by atoms with van der Waals surface area (Å²) in [7, 11) is -3.53. The lowest BCUT2D eigenvalue weighted by Gasteiger charge is -2.16. The molecule has 0 amide bonds. The van der Waals surface area contributed by atoms with Gasteiger partial charge in [-0.25, -0.2) is 23.1 Å². The Morgan fingerprint density at radius 2 is 1.55 bits per heavy atom. The van der Waals surface area contributed by atoms with Crippen molar-refractivity contribution in [1.82, 2.24) is 14.7 Å². The highest BCUT2D eigenvalue weighted by atomic mass is 32.2. The number of rotatable bonds is 5. The van der Waals surface area contributed by atoms with Gasteiger partial charge in [-0.15, -0.1) is 0 Å². The highest BCUT2D eigenvalue weighted by Gasteiger charge is 2.21. The number of aryl methyl sites for hydroxylation is 2. The van der Waals surface area contributed by atoms with Gasteiger partial charge in [0.25, 0.3) is 0 Å². The van der Waals surface area contributed by atoms with Gasteiger partial charge >= 0.3 is 0 Å². The highest BCUT2D eigenvalue weighted by molar-refractivity contribution is 7.89. The molecular formula is C16H21N3O2S. The average molecular weight is 319 g/mol. The third-order valence-corrected chi connectivity index (χ3v) is 5.62. The summed E-state index contributed by atoms with van der Waals surface area (Å²) in [5.74, 6) is 0. The molecule has 118 valence electrons. The molecule has 1 aromatic carbocycles.